The molecule has 0 saturated heterocycles. The minimum Gasteiger partial charge on any atom is -0.496 e. The van der Waals surface area contributed by atoms with Crippen LogP contribution in [0.1, 0.15) is 15.9 Å². The van der Waals surface area contributed by atoms with Gasteiger partial charge in [-0.25, -0.2) is 5.43 Å². The number of amides is 1. The van der Waals surface area contributed by atoms with Crippen LogP contribution in [0.3, 0.4) is 0 Å². The van der Waals surface area contributed by atoms with Gasteiger partial charge in [-0.3, -0.25) is 4.79 Å². The van der Waals surface area contributed by atoms with Crippen LogP contribution in [0.2, 0.25) is 0 Å². The molecule has 0 aliphatic rings. The maximum atomic E-state index is 12.0. The van der Waals surface area contributed by atoms with Gasteiger partial charge < -0.3 is 4.74 Å². The summed E-state index contributed by atoms with van der Waals surface area (Å²) in [7, 11) is 1.65. The van der Waals surface area contributed by atoms with Gasteiger partial charge in [-0.05, 0) is 29.7 Å². The molecule has 3 rings (SSSR count). The van der Waals surface area contributed by atoms with Gasteiger partial charge in [0.2, 0.25) is 0 Å². The van der Waals surface area contributed by atoms with Gasteiger partial charge in [0, 0.05) is 16.5 Å². The number of rotatable bonds is 4. The third-order valence-corrected chi connectivity index (χ3v) is 3.54. The predicted octanol–water partition coefficient (Wildman–Crippen LogP) is 3.61. The van der Waals surface area contributed by atoms with Crippen LogP contribution >= 0.6 is 0 Å². The molecule has 0 aliphatic heterocycles. The lowest BCUT2D eigenvalue weighted by Gasteiger charge is -2.07. The van der Waals surface area contributed by atoms with Gasteiger partial charge in [-0.1, -0.05) is 42.5 Å². The fraction of sp³-hybridized carbons (Fsp3) is 0.0526. The van der Waals surface area contributed by atoms with Crippen LogP contribution in [0.25, 0.3) is 10.8 Å². The Morgan fingerprint density at radius 2 is 1.65 bits per heavy atom. The van der Waals surface area contributed by atoms with Crippen LogP contribution in [0.15, 0.2) is 71.8 Å². The molecule has 0 saturated carbocycles. The number of nitrogens with zero attached hydrogens (tertiary/aromatic N) is 1. The van der Waals surface area contributed by atoms with Gasteiger partial charge in [0.05, 0.1) is 13.3 Å². The minimum atomic E-state index is -0.236. The molecule has 1 amide bonds. The van der Waals surface area contributed by atoms with Gasteiger partial charge in [-0.15, -0.1) is 0 Å². The normalized spacial score (nSPS) is 10.8. The Morgan fingerprint density at radius 3 is 2.39 bits per heavy atom. The van der Waals surface area contributed by atoms with Crippen molar-refractivity contribution in [3.63, 3.8) is 0 Å². The zero-order chi connectivity index (χ0) is 16.1. The van der Waals surface area contributed by atoms with Gasteiger partial charge in [-0.2, -0.15) is 5.10 Å². The van der Waals surface area contributed by atoms with E-state index in [-0.39, 0.29) is 5.91 Å². The van der Waals surface area contributed by atoms with E-state index in [1.54, 1.807) is 25.5 Å². The summed E-state index contributed by atoms with van der Waals surface area (Å²) < 4.78 is 5.37. The summed E-state index contributed by atoms with van der Waals surface area (Å²) in [4.78, 5) is 12.0. The molecule has 0 unspecified atom stereocenters. The molecule has 0 bridgehead atoms. The van der Waals surface area contributed by atoms with Gasteiger partial charge in [0.1, 0.15) is 5.75 Å². The van der Waals surface area contributed by atoms with Crippen molar-refractivity contribution >= 4 is 22.9 Å². The van der Waals surface area contributed by atoms with Crippen molar-refractivity contribution in [1.82, 2.24) is 5.43 Å². The van der Waals surface area contributed by atoms with Crippen LogP contribution in [0.4, 0.5) is 0 Å². The second-order valence-electron chi connectivity index (χ2n) is 4.97. The van der Waals surface area contributed by atoms with Crippen LogP contribution in [0, 0.1) is 0 Å². The number of hydrazone groups is 1. The summed E-state index contributed by atoms with van der Waals surface area (Å²) >= 11 is 0. The zero-order valence-electron chi connectivity index (χ0n) is 12.7. The van der Waals surface area contributed by atoms with E-state index >= 15 is 0 Å². The highest BCUT2D eigenvalue weighted by molar-refractivity contribution is 6.03. The SMILES string of the molecule is COc1ccc(C=NNC(=O)c2ccccc2)c2ccccc12. The van der Waals surface area contributed by atoms with Crippen molar-refractivity contribution in [3.05, 3.63) is 77.9 Å². The monoisotopic (exact) mass is 304 g/mol. The predicted molar refractivity (Wildman–Crippen MR) is 92.0 cm³/mol. The number of hydrogen-bond acceptors (Lipinski definition) is 3. The van der Waals surface area contributed by atoms with E-state index in [0.29, 0.717) is 5.56 Å². The molecule has 0 atom stereocenters. The molecule has 23 heavy (non-hydrogen) atoms. The van der Waals surface area contributed by atoms with E-state index in [4.69, 9.17) is 4.74 Å². The number of ether oxygens (including phenoxy) is 1. The quantitative estimate of drug-likeness (QED) is 0.591. The van der Waals surface area contributed by atoms with Crippen molar-refractivity contribution in [3.8, 4) is 5.75 Å². The maximum absolute atomic E-state index is 12.0. The van der Waals surface area contributed by atoms with Gasteiger partial charge >= 0.3 is 0 Å². The van der Waals surface area contributed by atoms with Crippen molar-refractivity contribution in [2.45, 2.75) is 0 Å². The number of fused-ring (bicyclic) bond motifs is 1. The van der Waals surface area contributed by atoms with Crippen LogP contribution in [-0.4, -0.2) is 19.2 Å². The number of methoxy groups -OCH3 is 1. The summed E-state index contributed by atoms with van der Waals surface area (Å²) in [6.45, 7) is 0. The highest BCUT2D eigenvalue weighted by atomic mass is 16.5. The Morgan fingerprint density at radius 1 is 0.957 bits per heavy atom. The Kier molecular flexibility index (Phi) is 4.34. The first-order valence-corrected chi connectivity index (χ1v) is 7.24. The first-order chi connectivity index (χ1) is 11.3. The molecule has 0 fully saturated rings. The molecule has 114 valence electrons. The standard InChI is InChI=1S/C19H16N2O2/c1-23-18-12-11-15(16-9-5-6-10-17(16)18)13-20-21-19(22)14-7-3-2-4-8-14/h2-13H,1H3,(H,21,22). The van der Waals surface area contributed by atoms with E-state index in [1.807, 2.05) is 54.6 Å². The smallest absolute Gasteiger partial charge is 0.271 e. The summed E-state index contributed by atoms with van der Waals surface area (Å²) in [5.41, 5.74) is 4.03. The Balaban J connectivity index is 1.83. The highest BCUT2D eigenvalue weighted by Gasteiger charge is 2.05. The third kappa shape index (κ3) is 3.21. The Bertz CT molecular complexity index is 858. The Hall–Kier alpha value is -3.14. The average Bonchev–Trinajstić information content (AvgIpc) is 2.62. The molecule has 0 heterocycles. The van der Waals surface area contributed by atoms with Crippen molar-refractivity contribution in [2.24, 2.45) is 5.10 Å². The summed E-state index contributed by atoms with van der Waals surface area (Å²) in [6, 6.07) is 20.7. The van der Waals surface area contributed by atoms with E-state index < -0.39 is 0 Å². The maximum Gasteiger partial charge on any atom is 0.271 e. The second-order valence-corrected chi connectivity index (χ2v) is 4.97. The number of hydrogen-bond donors (Lipinski definition) is 1. The van der Waals surface area contributed by atoms with Crippen LogP contribution in [-0.2, 0) is 0 Å². The first kappa shape index (κ1) is 14.8. The average molecular weight is 304 g/mol. The van der Waals surface area contributed by atoms with Crippen molar-refractivity contribution in [1.29, 1.82) is 0 Å². The van der Waals surface area contributed by atoms with Crippen molar-refractivity contribution < 1.29 is 9.53 Å². The van der Waals surface area contributed by atoms with Gasteiger partial charge in [0.25, 0.3) is 5.91 Å². The molecule has 0 aromatic heterocycles. The molecule has 0 aliphatic carbocycles. The summed E-state index contributed by atoms with van der Waals surface area (Å²) in [5.74, 6) is 0.575. The van der Waals surface area contributed by atoms with Crippen LogP contribution in [0.5, 0.6) is 5.75 Å². The molecule has 1 N–H and O–H groups in total. The fourth-order valence-electron chi connectivity index (χ4n) is 2.40. The summed E-state index contributed by atoms with van der Waals surface area (Å²) in [6.07, 6.45) is 1.64. The molecule has 3 aromatic rings. The Labute approximate surface area is 134 Å². The van der Waals surface area contributed by atoms with E-state index in [1.165, 1.54) is 0 Å². The lowest BCUT2D eigenvalue weighted by Crippen LogP contribution is -2.17. The summed E-state index contributed by atoms with van der Waals surface area (Å²) in [5, 5.41) is 6.08. The first-order valence-electron chi connectivity index (χ1n) is 7.24. The number of nitrogens with one attached hydrogen (secondary N) is 1. The molecule has 3 aromatic carbocycles. The highest BCUT2D eigenvalue weighted by Crippen LogP contribution is 2.27. The topological polar surface area (TPSA) is 50.7 Å². The number of benzene rings is 3. The fourth-order valence-corrected chi connectivity index (χ4v) is 2.40. The molecule has 4 heteroatoms. The van der Waals surface area contributed by atoms with Gasteiger partial charge in [0.15, 0.2) is 0 Å². The number of carbonyl (C=O) groups excluding carboxylic acids is 1. The minimum absolute atomic E-state index is 0.236. The largest absolute Gasteiger partial charge is 0.496 e. The van der Waals surface area contributed by atoms with E-state index in [0.717, 1.165) is 22.1 Å². The third-order valence-electron chi connectivity index (χ3n) is 3.54. The molecule has 4 nitrogen and oxygen atoms in total. The van der Waals surface area contributed by atoms with Crippen molar-refractivity contribution in [2.75, 3.05) is 7.11 Å². The molecular formula is C19H16N2O2. The van der Waals surface area contributed by atoms with E-state index in [2.05, 4.69) is 10.5 Å². The second kappa shape index (κ2) is 6.75. The lowest BCUT2D eigenvalue weighted by molar-refractivity contribution is 0.0955. The van der Waals surface area contributed by atoms with Crippen LogP contribution < -0.4 is 10.2 Å². The molecule has 0 spiro atoms. The lowest BCUT2D eigenvalue weighted by atomic mass is 10.0. The van der Waals surface area contributed by atoms with E-state index in [9.17, 15) is 4.79 Å². The zero-order valence-corrected chi connectivity index (χ0v) is 12.7. The molecular weight excluding hydrogens is 288 g/mol. The molecule has 0 radical (unpaired) electrons. The number of carbonyl (C=O) groups is 1.